The number of pyridine rings is 2. The molecular formula is C104H66N10. The highest BCUT2D eigenvalue weighted by molar-refractivity contribution is 6.22. The lowest BCUT2D eigenvalue weighted by Crippen LogP contribution is -1.97. The van der Waals surface area contributed by atoms with E-state index >= 15 is 0 Å². The molecule has 0 spiro atoms. The Morgan fingerprint density at radius 3 is 0.877 bits per heavy atom. The highest BCUT2D eigenvalue weighted by Gasteiger charge is 2.25. The van der Waals surface area contributed by atoms with E-state index in [9.17, 15) is 0 Å². The summed E-state index contributed by atoms with van der Waals surface area (Å²) in [6, 6.07) is 139. The van der Waals surface area contributed by atoms with Crippen LogP contribution in [-0.2, 0) is 0 Å². The van der Waals surface area contributed by atoms with Gasteiger partial charge < -0.3 is 0 Å². The van der Waals surface area contributed by atoms with Gasteiger partial charge in [-0.25, -0.2) is 39.9 Å². The third-order valence-electron chi connectivity index (χ3n) is 21.6. The first-order valence-electron chi connectivity index (χ1n) is 38.3. The van der Waals surface area contributed by atoms with Crippen molar-refractivity contribution in [1.29, 1.82) is 0 Å². The molecule has 6 aromatic heterocycles. The predicted molar refractivity (Wildman–Crippen MR) is 468 cm³/mol. The summed E-state index contributed by atoms with van der Waals surface area (Å²) in [5.74, 6) is 3.20. The molecule has 0 atom stereocenters. The van der Waals surface area contributed by atoms with Crippen LogP contribution in [0.3, 0.4) is 0 Å². The van der Waals surface area contributed by atoms with Crippen molar-refractivity contribution in [3.8, 4) is 124 Å². The van der Waals surface area contributed by atoms with Gasteiger partial charge in [0.1, 0.15) is 11.6 Å². The Hall–Kier alpha value is -15.5. The number of fused-ring (bicyclic) bond motifs is 12. The summed E-state index contributed by atoms with van der Waals surface area (Å²) >= 11 is 0. The minimum atomic E-state index is 0.693. The summed E-state index contributed by atoms with van der Waals surface area (Å²) in [6.45, 7) is 0. The predicted octanol–water partition coefficient (Wildman–Crippen LogP) is 26.0. The number of para-hydroxylation sites is 6. The minimum Gasteiger partial charge on any atom is -0.292 e. The zero-order chi connectivity index (χ0) is 75.4. The molecule has 0 fully saturated rings. The Balaban J connectivity index is 0.000000143. The largest absolute Gasteiger partial charge is 0.292 e. The molecule has 16 aromatic carbocycles. The summed E-state index contributed by atoms with van der Waals surface area (Å²) in [5.41, 5.74) is 26.1. The molecule has 0 radical (unpaired) electrons. The molecule has 0 aliphatic heterocycles. The van der Waals surface area contributed by atoms with E-state index in [-0.39, 0.29) is 0 Å². The van der Waals surface area contributed by atoms with Crippen LogP contribution in [0.1, 0.15) is 0 Å². The van der Waals surface area contributed by atoms with Gasteiger partial charge in [-0.2, -0.15) is 0 Å². The second kappa shape index (κ2) is 28.5. The lowest BCUT2D eigenvalue weighted by molar-refractivity contribution is 1.10. The maximum atomic E-state index is 5.45. The fourth-order valence-corrected chi connectivity index (χ4v) is 16.2. The van der Waals surface area contributed by atoms with Gasteiger partial charge in [-0.3, -0.25) is 9.13 Å². The SMILES string of the molecule is c1ccc(-c2cccc(-c3nc(-c4ccc(-c5nc6ccccc6c6ccc7c(nc(-c8ccccc8)n7-c7ccccc7)c56)cc4)c4ccccc4n3)c2)cc1.c1ccc(-c2nc(-c3ccc(-c4ccc(-c5nc6ccccc6c6ccc7c(nc(-c8ccccc8)n7-c7ccccc7)c56)cc4)cc3)c3ccccc3n2)cc1. The summed E-state index contributed by atoms with van der Waals surface area (Å²) in [4.78, 5) is 41.9. The monoisotopic (exact) mass is 1450 g/mol. The van der Waals surface area contributed by atoms with Crippen LogP contribution in [0.4, 0.5) is 0 Å². The van der Waals surface area contributed by atoms with Crippen molar-refractivity contribution in [3.05, 3.63) is 400 Å². The molecule has 22 rings (SSSR count). The number of nitrogens with zero attached hydrogens (tertiary/aromatic N) is 10. The van der Waals surface area contributed by atoms with E-state index in [1.807, 2.05) is 72.8 Å². The third-order valence-corrected chi connectivity index (χ3v) is 21.6. The Labute approximate surface area is 656 Å². The van der Waals surface area contributed by atoms with Crippen LogP contribution in [0.15, 0.2) is 400 Å². The number of hydrogen-bond donors (Lipinski definition) is 0. The number of aromatic nitrogens is 10. The van der Waals surface area contributed by atoms with Crippen molar-refractivity contribution >= 4 is 87.2 Å². The molecule has 22 aromatic rings. The molecule has 0 N–H and O–H groups in total. The Morgan fingerprint density at radius 2 is 0.465 bits per heavy atom. The molecular weight excluding hydrogens is 1390 g/mol. The molecule has 532 valence electrons. The van der Waals surface area contributed by atoms with Crippen LogP contribution in [0.25, 0.3) is 211 Å². The van der Waals surface area contributed by atoms with Crippen LogP contribution in [-0.4, -0.2) is 49.0 Å². The molecule has 10 heteroatoms. The van der Waals surface area contributed by atoms with Gasteiger partial charge in [-0.1, -0.05) is 334 Å². The smallest absolute Gasteiger partial charge is 0.160 e. The van der Waals surface area contributed by atoms with Crippen molar-refractivity contribution in [2.75, 3.05) is 0 Å². The van der Waals surface area contributed by atoms with Gasteiger partial charge in [0.2, 0.25) is 0 Å². The van der Waals surface area contributed by atoms with Crippen LogP contribution >= 0.6 is 0 Å². The molecule has 114 heavy (non-hydrogen) atoms. The average Bonchev–Trinajstić information content (AvgIpc) is 1.75. The van der Waals surface area contributed by atoms with Gasteiger partial charge in [-0.15, -0.1) is 0 Å². The van der Waals surface area contributed by atoms with Crippen molar-refractivity contribution in [3.63, 3.8) is 0 Å². The van der Waals surface area contributed by atoms with Gasteiger partial charge in [0.25, 0.3) is 0 Å². The first kappa shape index (κ1) is 66.7. The molecule has 0 saturated carbocycles. The summed E-state index contributed by atoms with van der Waals surface area (Å²) in [6.07, 6.45) is 0. The molecule has 10 nitrogen and oxygen atoms in total. The molecule has 0 amide bonds. The van der Waals surface area contributed by atoms with Crippen LogP contribution in [0.5, 0.6) is 0 Å². The Kier molecular flexibility index (Phi) is 16.7. The Morgan fingerprint density at radius 1 is 0.167 bits per heavy atom. The third kappa shape index (κ3) is 12.0. The minimum absolute atomic E-state index is 0.693. The van der Waals surface area contributed by atoms with Gasteiger partial charge in [0, 0.05) is 88.2 Å². The van der Waals surface area contributed by atoms with E-state index in [1.165, 1.54) is 0 Å². The molecule has 0 unspecified atom stereocenters. The summed E-state index contributed by atoms with van der Waals surface area (Å²) in [7, 11) is 0. The highest BCUT2D eigenvalue weighted by atomic mass is 15.1. The number of benzene rings is 16. The van der Waals surface area contributed by atoms with Gasteiger partial charge in [0.15, 0.2) is 11.6 Å². The number of hydrogen-bond acceptors (Lipinski definition) is 8. The van der Waals surface area contributed by atoms with E-state index in [2.05, 4.69) is 337 Å². The summed E-state index contributed by atoms with van der Waals surface area (Å²) in [5, 5.41) is 8.56. The molecule has 0 saturated heterocycles. The topological polar surface area (TPSA) is 113 Å². The first-order valence-corrected chi connectivity index (χ1v) is 38.3. The van der Waals surface area contributed by atoms with Gasteiger partial charge in [0.05, 0.1) is 66.9 Å². The van der Waals surface area contributed by atoms with E-state index in [0.29, 0.717) is 5.82 Å². The quantitative estimate of drug-likeness (QED) is 0.111. The number of rotatable bonds is 12. The Bertz CT molecular complexity index is 7410. The van der Waals surface area contributed by atoms with Crippen molar-refractivity contribution in [1.82, 2.24) is 49.0 Å². The van der Waals surface area contributed by atoms with E-state index in [0.717, 1.165) is 206 Å². The average molecular weight is 1460 g/mol. The van der Waals surface area contributed by atoms with Gasteiger partial charge >= 0.3 is 0 Å². The first-order chi connectivity index (χ1) is 56.5. The van der Waals surface area contributed by atoms with Crippen LogP contribution < -0.4 is 0 Å². The maximum Gasteiger partial charge on any atom is 0.160 e. The second-order valence-electron chi connectivity index (χ2n) is 28.5. The highest BCUT2D eigenvalue weighted by Crippen LogP contribution is 2.44. The van der Waals surface area contributed by atoms with Crippen molar-refractivity contribution in [2.24, 2.45) is 0 Å². The van der Waals surface area contributed by atoms with Crippen molar-refractivity contribution < 1.29 is 0 Å². The molecule has 0 bridgehead atoms. The standard InChI is InChI=1S/2C52H33N5/c1-4-15-34(16-5-1)38-19-14-20-39(33-38)51-54-45-26-13-11-24-43(45)48(55-51)35-27-29-36(30-28-35)49-47-42(41-23-10-12-25-44(41)53-49)31-32-46-50(47)56-52(37-17-6-2-7-18-37)57(46)40-21-8-3-9-22-40;1-4-14-38(15-5-1)51-54-45-23-13-11-21-43(45)48(55-51)36-28-24-34(25-29-36)35-26-30-37(31-27-35)49-47-42(41-20-10-12-22-44(41)53-49)32-33-46-50(47)56-52(39-16-6-2-7-17-39)57(46)40-18-8-3-9-19-40/h2*1-33H. The lowest BCUT2D eigenvalue weighted by Gasteiger charge is -2.13. The zero-order valence-electron chi connectivity index (χ0n) is 61.6. The normalized spacial score (nSPS) is 11.5. The maximum absolute atomic E-state index is 5.45. The van der Waals surface area contributed by atoms with E-state index in [4.69, 9.17) is 39.9 Å². The molecule has 0 aliphatic carbocycles. The fourth-order valence-electron chi connectivity index (χ4n) is 16.2. The summed E-state index contributed by atoms with van der Waals surface area (Å²) < 4.78 is 4.53. The van der Waals surface area contributed by atoms with Crippen molar-refractivity contribution in [2.45, 2.75) is 0 Å². The van der Waals surface area contributed by atoms with Gasteiger partial charge in [-0.05, 0) is 99.8 Å². The van der Waals surface area contributed by atoms with E-state index < -0.39 is 0 Å². The van der Waals surface area contributed by atoms with E-state index in [1.54, 1.807) is 0 Å². The second-order valence-corrected chi connectivity index (χ2v) is 28.5. The molecule has 6 heterocycles. The molecule has 0 aliphatic rings. The zero-order valence-corrected chi connectivity index (χ0v) is 61.6. The number of imidazole rings is 2. The van der Waals surface area contributed by atoms with Crippen LogP contribution in [0, 0.1) is 0 Å². The van der Waals surface area contributed by atoms with Crippen LogP contribution in [0.2, 0.25) is 0 Å². The fraction of sp³-hybridized carbons (Fsp3) is 0. The lowest BCUT2D eigenvalue weighted by atomic mass is 9.96.